The smallest absolute Gasteiger partial charge is 0.304 e. The molecule has 0 rings (SSSR count). The number of terminal acetylenes is 1. The molecule has 0 aromatic carbocycles. The third-order valence-corrected chi connectivity index (χ3v) is 0.824. The molecule has 2 nitrogen and oxygen atoms in total. The van der Waals surface area contributed by atoms with Crippen molar-refractivity contribution >= 4 is 5.97 Å². The van der Waals surface area contributed by atoms with Crippen LogP contribution in [0.4, 0.5) is 0 Å². The Bertz CT molecular complexity index is 174. The maximum absolute atomic E-state index is 10.3. The highest BCUT2D eigenvalue weighted by Crippen LogP contribution is 1.92. The summed E-state index contributed by atoms with van der Waals surface area (Å²) in [6.07, 6.45) is 7.90. The molecule has 1 atom stereocenters. The fourth-order valence-electron chi connectivity index (χ4n) is 0.482. The second-order valence-corrected chi connectivity index (χ2v) is 1.72. The van der Waals surface area contributed by atoms with Gasteiger partial charge in [-0.2, -0.15) is 0 Å². The molecule has 0 aliphatic carbocycles. The molecule has 0 amide bonds. The lowest BCUT2D eigenvalue weighted by atomic mass is 10.3. The first-order valence-electron chi connectivity index (χ1n) is 2.97. The van der Waals surface area contributed by atoms with Crippen LogP contribution in [0.25, 0.3) is 0 Å². The van der Waals surface area contributed by atoms with Crippen molar-refractivity contribution in [1.82, 2.24) is 0 Å². The molecule has 0 saturated carbocycles. The highest BCUT2D eigenvalue weighted by atomic mass is 16.5. The lowest BCUT2D eigenvalue weighted by Gasteiger charge is -2.03. The van der Waals surface area contributed by atoms with Gasteiger partial charge in [0.25, 0.3) is 0 Å². The van der Waals surface area contributed by atoms with E-state index in [9.17, 15) is 4.79 Å². The quantitative estimate of drug-likeness (QED) is 0.325. The van der Waals surface area contributed by atoms with Crippen LogP contribution in [-0.4, -0.2) is 12.1 Å². The van der Waals surface area contributed by atoms with Crippen molar-refractivity contribution in [1.29, 1.82) is 0 Å². The molecule has 0 aromatic rings. The first-order valence-corrected chi connectivity index (χ1v) is 2.97. The van der Waals surface area contributed by atoms with Gasteiger partial charge in [-0.25, -0.2) is 0 Å². The molecule has 0 N–H and O–H groups in total. The number of ether oxygens (including phenoxy) is 1. The minimum absolute atomic E-state index is 0.360. The molecular weight excluding hydrogens is 128 g/mol. The van der Waals surface area contributed by atoms with Crippen molar-refractivity contribution in [2.24, 2.45) is 0 Å². The van der Waals surface area contributed by atoms with Crippen LogP contribution < -0.4 is 0 Å². The second-order valence-electron chi connectivity index (χ2n) is 1.72. The fraction of sp³-hybridized carbons (Fsp3) is 0.375. The molecule has 1 unspecified atom stereocenters. The third kappa shape index (κ3) is 3.73. The number of hydrogen-bond acceptors (Lipinski definition) is 2. The molecule has 0 aliphatic heterocycles. The minimum Gasteiger partial charge on any atom is -0.445 e. The summed E-state index contributed by atoms with van der Waals surface area (Å²) in [4.78, 5) is 10.3. The monoisotopic (exact) mass is 138 g/mol. The molecule has 0 fully saturated rings. The van der Waals surface area contributed by atoms with E-state index >= 15 is 0 Å². The Morgan fingerprint density at radius 2 is 2.40 bits per heavy atom. The molecule has 10 heavy (non-hydrogen) atoms. The van der Waals surface area contributed by atoms with Crippen LogP contribution in [0.5, 0.6) is 0 Å². The van der Waals surface area contributed by atoms with Crippen molar-refractivity contribution in [3.05, 3.63) is 12.2 Å². The van der Waals surface area contributed by atoms with Crippen molar-refractivity contribution in [3.63, 3.8) is 0 Å². The Morgan fingerprint density at radius 3 is 2.70 bits per heavy atom. The predicted molar refractivity (Wildman–Crippen MR) is 39.2 cm³/mol. The van der Waals surface area contributed by atoms with E-state index in [4.69, 9.17) is 6.42 Å². The highest BCUT2D eigenvalue weighted by Gasteiger charge is 2.00. The number of esters is 1. The summed E-state index contributed by atoms with van der Waals surface area (Å²) in [5.74, 6) is 1.94. The Balaban J connectivity index is 3.87. The van der Waals surface area contributed by atoms with Crippen molar-refractivity contribution in [2.45, 2.75) is 20.0 Å². The van der Waals surface area contributed by atoms with Crippen LogP contribution >= 0.6 is 0 Å². The lowest BCUT2D eigenvalue weighted by Crippen LogP contribution is -2.10. The first-order chi connectivity index (χ1) is 4.70. The Labute approximate surface area is 60.9 Å². The summed E-state index contributed by atoms with van der Waals surface area (Å²) in [5.41, 5.74) is 0. The molecule has 0 radical (unpaired) electrons. The van der Waals surface area contributed by atoms with Gasteiger partial charge in [-0.1, -0.05) is 12.0 Å². The third-order valence-electron chi connectivity index (χ3n) is 0.824. The maximum Gasteiger partial charge on any atom is 0.304 e. The number of hydrogen-bond donors (Lipinski definition) is 0. The van der Waals surface area contributed by atoms with Gasteiger partial charge in [-0.05, 0) is 13.0 Å². The Kier molecular flexibility index (Phi) is 4.06. The second kappa shape index (κ2) is 4.63. The Morgan fingerprint density at radius 1 is 1.80 bits per heavy atom. The summed E-state index contributed by atoms with van der Waals surface area (Å²) >= 11 is 0. The van der Waals surface area contributed by atoms with Gasteiger partial charge in [0, 0.05) is 6.92 Å². The van der Waals surface area contributed by atoms with Crippen LogP contribution in [0.3, 0.4) is 0 Å². The van der Waals surface area contributed by atoms with E-state index in [1.165, 1.54) is 6.92 Å². The van der Waals surface area contributed by atoms with E-state index in [0.29, 0.717) is 0 Å². The summed E-state index contributed by atoms with van der Waals surface area (Å²) in [5, 5.41) is 0. The summed E-state index contributed by atoms with van der Waals surface area (Å²) in [7, 11) is 0. The molecule has 54 valence electrons. The van der Waals surface area contributed by atoms with Crippen LogP contribution in [0.15, 0.2) is 12.2 Å². The largest absolute Gasteiger partial charge is 0.445 e. The van der Waals surface area contributed by atoms with E-state index in [2.05, 4.69) is 10.7 Å². The van der Waals surface area contributed by atoms with Gasteiger partial charge in [0.05, 0.1) is 0 Å². The zero-order valence-electron chi connectivity index (χ0n) is 6.13. The van der Waals surface area contributed by atoms with Crippen LogP contribution in [0, 0.1) is 12.3 Å². The summed E-state index contributed by atoms with van der Waals surface area (Å²) in [6.45, 7) is 3.14. The molecule has 0 saturated heterocycles. The highest BCUT2D eigenvalue weighted by molar-refractivity contribution is 5.66. The first kappa shape index (κ1) is 8.77. The number of carbonyl (C=O) groups excluding carboxylic acids is 1. The Hall–Kier alpha value is -1.23. The zero-order valence-corrected chi connectivity index (χ0v) is 6.13. The van der Waals surface area contributed by atoms with Crippen molar-refractivity contribution in [2.75, 3.05) is 0 Å². The van der Waals surface area contributed by atoms with E-state index in [0.717, 1.165) is 0 Å². The van der Waals surface area contributed by atoms with Crippen molar-refractivity contribution < 1.29 is 9.53 Å². The molecule has 0 aliphatic rings. The maximum atomic E-state index is 10.3. The predicted octanol–water partition coefficient (Wildman–Crippen LogP) is 1.13. The number of carbonyl (C=O) groups is 1. The van der Waals surface area contributed by atoms with E-state index in [1.807, 2.05) is 6.92 Å². The van der Waals surface area contributed by atoms with Gasteiger partial charge >= 0.3 is 5.97 Å². The van der Waals surface area contributed by atoms with Crippen LogP contribution in [-0.2, 0) is 9.53 Å². The van der Waals surface area contributed by atoms with E-state index in [1.54, 1.807) is 12.2 Å². The topological polar surface area (TPSA) is 26.3 Å². The van der Waals surface area contributed by atoms with E-state index < -0.39 is 6.10 Å². The fourth-order valence-corrected chi connectivity index (χ4v) is 0.482. The average Bonchev–Trinajstić information content (AvgIpc) is 1.86. The van der Waals surface area contributed by atoms with Gasteiger partial charge in [-0.3, -0.25) is 4.79 Å². The van der Waals surface area contributed by atoms with Gasteiger partial charge in [0.2, 0.25) is 0 Å². The van der Waals surface area contributed by atoms with Crippen LogP contribution in [0.1, 0.15) is 13.8 Å². The van der Waals surface area contributed by atoms with E-state index in [-0.39, 0.29) is 5.97 Å². The lowest BCUT2D eigenvalue weighted by molar-refractivity contribution is -0.142. The number of rotatable bonds is 2. The molecular formula is C8H10O2. The normalized spacial score (nSPS) is 12.5. The van der Waals surface area contributed by atoms with Crippen molar-refractivity contribution in [3.8, 4) is 12.3 Å². The van der Waals surface area contributed by atoms with Gasteiger partial charge < -0.3 is 4.74 Å². The summed E-state index contributed by atoms with van der Waals surface area (Å²) < 4.78 is 4.68. The molecule has 0 spiro atoms. The van der Waals surface area contributed by atoms with Gasteiger partial charge in [0.1, 0.15) is 0 Å². The van der Waals surface area contributed by atoms with Gasteiger partial charge in [0.15, 0.2) is 6.10 Å². The van der Waals surface area contributed by atoms with Gasteiger partial charge in [-0.15, -0.1) is 6.42 Å². The standard InChI is InChI=1S/C8H10O2/c1-4-6-8(5-2)10-7(3)9/h2,4,6,8H,1,3H3. The average molecular weight is 138 g/mol. The number of allylic oxidation sites excluding steroid dienone is 1. The zero-order chi connectivity index (χ0) is 7.98. The summed E-state index contributed by atoms with van der Waals surface area (Å²) in [6, 6.07) is 0. The molecule has 0 heterocycles. The molecule has 0 bridgehead atoms. The molecule has 0 aromatic heterocycles. The minimum atomic E-state index is -0.512. The van der Waals surface area contributed by atoms with Crippen LogP contribution in [0.2, 0.25) is 0 Å². The molecule has 2 heteroatoms. The SMILES string of the molecule is C#CC(C=CC)OC(C)=O.